The van der Waals surface area contributed by atoms with E-state index in [9.17, 15) is 0 Å². The van der Waals surface area contributed by atoms with Gasteiger partial charge in [0.25, 0.3) is 0 Å². The van der Waals surface area contributed by atoms with Gasteiger partial charge in [-0.1, -0.05) is 12.8 Å². The van der Waals surface area contributed by atoms with Crippen LogP contribution in [-0.4, -0.2) is 32.3 Å². The maximum atomic E-state index is 5.57. The molecule has 3 heteroatoms. The van der Waals surface area contributed by atoms with Gasteiger partial charge >= 0.3 is 0 Å². The highest BCUT2D eigenvalue weighted by molar-refractivity contribution is 5.80. The molecule has 1 fully saturated rings. The van der Waals surface area contributed by atoms with Gasteiger partial charge in [-0.3, -0.25) is 0 Å². The fraction of sp³-hybridized carbons (Fsp3) is 0.900. The van der Waals surface area contributed by atoms with Gasteiger partial charge in [-0.15, -0.1) is 0 Å². The molecule has 2 aliphatic rings. The molecule has 0 amide bonds. The predicted molar refractivity (Wildman–Crippen MR) is 51.0 cm³/mol. The zero-order valence-corrected chi connectivity index (χ0v) is 8.16. The normalized spacial score (nSPS) is 29.0. The fourth-order valence-corrected chi connectivity index (χ4v) is 2.11. The second-order valence-electron chi connectivity index (χ2n) is 3.87. The summed E-state index contributed by atoms with van der Waals surface area (Å²) in [5.41, 5.74) is 0. The summed E-state index contributed by atoms with van der Waals surface area (Å²) in [6.07, 6.45) is 5.20. The minimum atomic E-state index is 0.251. The molecule has 0 aromatic rings. The van der Waals surface area contributed by atoms with Crippen molar-refractivity contribution in [1.29, 1.82) is 0 Å². The molecule has 0 radical (unpaired) electrons. The summed E-state index contributed by atoms with van der Waals surface area (Å²) in [6, 6.07) is 0.251. The first-order valence-electron chi connectivity index (χ1n) is 5.09. The highest BCUT2D eigenvalue weighted by Crippen LogP contribution is 2.28. The van der Waals surface area contributed by atoms with E-state index in [-0.39, 0.29) is 6.04 Å². The third kappa shape index (κ3) is 2.02. The summed E-state index contributed by atoms with van der Waals surface area (Å²) >= 11 is 0. The topological polar surface area (TPSA) is 30.8 Å². The Hall–Kier alpha value is -0.570. The monoisotopic (exact) mass is 183 g/mol. The molecule has 0 unspecified atom stereocenters. The van der Waals surface area contributed by atoms with Crippen LogP contribution in [0.4, 0.5) is 0 Å². The van der Waals surface area contributed by atoms with Gasteiger partial charge < -0.3 is 9.47 Å². The summed E-state index contributed by atoms with van der Waals surface area (Å²) in [5, 5.41) is 0. The molecule has 1 atom stereocenters. The van der Waals surface area contributed by atoms with E-state index in [0.29, 0.717) is 12.5 Å². The second kappa shape index (κ2) is 4.09. The van der Waals surface area contributed by atoms with Crippen molar-refractivity contribution in [3.8, 4) is 0 Å². The third-order valence-corrected chi connectivity index (χ3v) is 2.80. The molecule has 3 nitrogen and oxygen atoms in total. The van der Waals surface area contributed by atoms with Crippen molar-refractivity contribution in [1.82, 2.24) is 0 Å². The van der Waals surface area contributed by atoms with Crippen molar-refractivity contribution in [3.05, 3.63) is 0 Å². The van der Waals surface area contributed by atoms with E-state index in [1.165, 1.54) is 25.7 Å². The molecule has 0 aromatic carbocycles. The lowest BCUT2D eigenvalue weighted by Gasteiger charge is -2.06. The van der Waals surface area contributed by atoms with Crippen molar-refractivity contribution in [2.45, 2.75) is 31.7 Å². The Morgan fingerprint density at radius 3 is 2.92 bits per heavy atom. The molecule has 2 rings (SSSR count). The molecular formula is C10H17NO2. The second-order valence-corrected chi connectivity index (χ2v) is 3.87. The van der Waals surface area contributed by atoms with Crippen LogP contribution in [0.3, 0.4) is 0 Å². The maximum absolute atomic E-state index is 5.57. The average Bonchev–Trinajstić information content (AvgIpc) is 2.70. The van der Waals surface area contributed by atoms with Crippen LogP contribution in [0, 0.1) is 5.92 Å². The van der Waals surface area contributed by atoms with E-state index in [1.807, 2.05) is 0 Å². The van der Waals surface area contributed by atoms with Crippen LogP contribution >= 0.6 is 0 Å². The Labute approximate surface area is 79.1 Å². The number of hydrogen-bond donors (Lipinski definition) is 0. The molecule has 1 saturated carbocycles. The van der Waals surface area contributed by atoms with Gasteiger partial charge in [-0.2, -0.15) is 0 Å². The van der Waals surface area contributed by atoms with Crippen molar-refractivity contribution in [3.63, 3.8) is 0 Å². The van der Waals surface area contributed by atoms with Gasteiger partial charge in [0.15, 0.2) is 5.90 Å². The first kappa shape index (κ1) is 9.00. The molecule has 0 aromatic heterocycles. The Kier molecular flexibility index (Phi) is 2.83. The number of rotatable bonds is 3. The first-order valence-corrected chi connectivity index (χ1v) is 5.09. The van der Waals surface area contributed by atoms with Crippen molar-refractivity contribution >= 4 is 5.90 Å². The lowest BCUT2D eigenvalue weighted by atomic mass is 10.1. The smallest absolute Gasteiger partial charge is 0.186 e. The van der Waals surface area contributed by atoms with Gasteiger partial charge in [0.2, 0.25) is 0 Å². The largest absolute Gasteiger partial charge is 0.478 e. The summed E-state index contributed by atoms with van der Waals surface area (Å²) in [4.78, 5) is 4.53. The Morgan fingerprint density at radius 1 is 1.46 bits per heavy atom. The quantitative estimate of drug-likeness (QED) is 0.665. The Balaban J connectivity index is 1.89. The molecule has 0 bridgehead atoms. The van der Waals surface area contributed by atoms with Gasteiger partial charge in [0.05, 0.1) is 6.61 Å². The maximum Gasteiger partial charge on any atom is 0.186 e. The van der Waals surface area contributed by atoms with Gasteiger partial charge in [0, 0.05) is 13.0 Å². The van der Waals surface area contributed by atoms with Crippen LogP contribution in [0.2, 0.25) is 0 Å². The summed E-state index contributed by atoms with van der Waals surface area (Å²) < 4.78 is 10.6. The molecule has 1 heterocycles. The minimum Gasteiger partial charge on any atom is -0.478 e. The zero-order valence-electron chi connectivity index (χ0n) is 8.16. The van der Waals surface area contributed by atoms with Gasteiger partial charge in [-0.25, -0.2) is 4.99 Å². The van der Waals surface area contributed by atoms with E-state index >= 15 is 0 Å². The highest BCUT2D eigenvalue weighted by atomic mass is 16.5. The number of aliphatic imine (C=N–C) groups is 1. The van der Waals surface area contributed by atoms with Crippen molar-refractivity contribution in [2.75, 3.05) is 20.3 Å². The van der Waals surface area contributed by atoms with Crippen LogP contribution in [0.15, 0.2) is 4.99 Å². The highest BCUT2D eigenvalue weighted by Gasteiger charge is 2.27. The number of nitrogens with zero attached hydrogens (tertiary/aromatic N) is 1. The molecule has 1 aliphatic heterocycles. The molecule has 13 heavy (non-hydrogen) atoms. The lowest BCUT2D eigenvalue weighted by Crippen LogP contribution is -2.13. The summed E-state index contributed by atoms with van der Waals surface area (Å²) in [7, 11) is 1.71. The van der Waals surface area contributed by atoms with E-state index in [1.54, 1.807) is 7.11 Å². The van der Waals surface area contributed by atoms with E-state index in [4.69, 9.17) is 9.47 Å². The zero-order chi connectivity index (χ0) is 9.10. The number of hydrogen-bond acceptors (Lipinski definition) is 3. The SMILES string of the molecule is COC[C@H]1COC(C2CCCC2)=N1. The Morgan fingerprint density at radius 2 is 2.23 bits per heavy atom. The lowest BCUT2D eigenvalue weighted by molar-refractivity contribution is 0.163. The molecule has 0 saturated heterocycles. The van der Waals surface area contributed by atoms with Crippen molar-refractivity contribution in [2.24, 2.45) is 10.9 Å². The van der Waals surface area contributed by atoms with E-state index in [0.717, 1.165) is 12.5 Å². The van der Waals surface area contributed by atoms with E-state index in [2.05, 4.69) is 4.99 Å². The fourth-order valence-electron chi connectivity index (χ4n) is 2.11. The van der Waals surface area contributed by atoms with Gasteiger partial charge in [0.1, 0.15) is 12.6 Å². The predicted octanol–water partition coefficient (Wildman–Crippen LogP) is 1.62. The number of ether oxygens (including phenoxy) is 2. The van der Waals surface area contributed by atoms with E-state index < -0.39 is 0 Å². The molecular weight excluding hydrogens is 166 g/mol. The van der Waals surface area contributed by atoms with Crippen LogP contribution < -0.4 is 0 Å². The average molecular weight is 183 g/mol. The van der Waals surface area contributed by atoms with Gasteiger partial charge in [-0.05, 0) is 12.8 Å². The Bertz CT molecular complexity index is 197. The third-order valence-electron chi connectivity index (χ3n) is 2.80. The summed E-state index contributed by atoms with van der Waals surface area (Å²) in [5.74, 6) is 1.61. The van der Waals surface area contributed by atoms with Crippen molar-refractivity contribution < 1.29 is 9.47 Å². The molecule has 1 aliphatic carbocycles. The standard InChI is InChI=1S/C10H17NO2/c1-12-6-9-7-13-10(11-9)8-4-2-3-5-8/h8-9H,2-7H2,1H3/t9-/m0/s1. The van der Waals surface area contributed by atoms with Crippen LogP contribution in [0.5, 0.6) is 0 Å². The van der Waals surface area contributed by atoms with Crippen LogP contribution in [0.25, 0.3) is 0 Å². The summed E-state index contributed by atoms with van der Waals surface area (Å²) in [6.45, 7) is 1.41. The number of methoxy groups -OCH3 is 1. The van der Waals surface area contributed by atoms with Crippen LogP contribution in [0.1, 0.15) is 25.7 Å². The molecule has 0 N–H and O–H groups in total. The minimum absolute atomic E-state index is 0.251. The first-order chi connectivity index (χ1) is 6.40. The molecule has 0 spiro atoms. The van der Waals surface area contributed by atoms with Crippen LogP contribution in [-0.2, 0) is 9.47 Å². The molecule has 74 valence electrons.